The first kappa shape index (κ1) is 14.3. The van der Waals surface area contributed by atoms with Gasteiger partial charge in [-0.2, -0.15) is 4.98 Å². The molecule has 19 heavy (non-hydrogen) atoms. The lowest BCUT2D eigenvalue weighted by Crippen LogP contribution is -2.32. The molecule has 1 aromatic rings. The second kappa shape index (κ2) is 5.90. The molecule has 1 saturated carbocycles. The number of thioether (sulfide) groups is 1. The maximum atomic E-state index is 13.1. The van der Waals surface area contributed by atoms with Gasteiger partial charge in [0.1, 0.15) is 5.82 Å². The molecule has 1 aromatic heterocycles. The van der Waals surface area contributed by atoms with Crippen LogP contribution in [0.1, 0.15) is 25.7 Å². The fourth-order valence-electron chi connectivity index (χ4n) is 2.07. The highest BCUT2D eigenvalue weighted by molar-refractivity contribution is 7.98. The Balaban J connectivity index is 2.03. The number of rotatable bonds is 4. The number of hydrogen-bond donors (Lipinski definition) is 1. The molecule has 0 atom stereocenters. The van der Waals surface area contributed by atoms with Crippen molar-refractivity contribution in [3.05, 3.63) is 6.07 Å². The summed E-state index contributed by atoms with van der Waals surface area (Å²) in [5.74, 6) is -1.40. The largest absolute Gasteiger partial charge is 0.481 e. The molecule has 0 aliphatic heterocycles. The SMILES string of the molecule is COc1cc(NC2CCC(F)(F)CC2)nc(SC)n1. The van der Waals surface area contributed by atoms with E-state index < -0.39 is 5.92 Å². The number of nitrogens with one attached hydrogen (secondary N) is 1. The molecular formula is C12H17F2N3OS. The molecular weight excluding hydrogens is 272 g/mol. The third kappa shape index (κ3) is 3.92. The van der Waals surface area contributed by atoms with Crippen molar-refractivity contribution in [2.75, 3.05) is 18.7 Å². The summed E-state index contributed by atoms with van der Waals surface area (Å²) >= 11 is 1.41. The van der Waals surface area contributed by atoms with Gasteiger partial charge in [-0.15, -0.1) is 0 Å². The number of halogens is 2. The van der Waals surface area contributed by atoms with Gasteiger partial charge in [0.2, 0.25) is 11.8 Å². The highest BCUT2D eigenvalue weighted by Crippen LogP contribution is 2.34. The van der Waals surface area contributed by atoms with Crippen LogP contribution in [0.4, 0.5) is 14.6 Å². The summed E-state index contributed by atoms with van der Waals surface area (Å²) < 4.78 is 31.2. The summed E-state index contributed by atoms with van der Waals surface area (Å²) in [5.41, 5.74) is 0. The van der Waals surface area contributed by atoms with E-state index >= 15 is 0 Å². The van der Waals surface area contributed by atoms with Gasteiger partial charge >= 0.3 is 0 Å². The number of aromatic nitrogens is 2. The monoisotopic (exact) mass is 289 g/mol. The van der Waals surface area contributed by atoms with Crippen molar-refractivity contribution in [1.29, 1.82) is 0 Å². The van der Waals surface area contributed by atoms with E-state index in [0.717, 1.165) is 0 Å². The summed E-state index contributed by atoms with van der Waals surface area (Å²) in [6, 6.07) is 1.72. The van der Waals surface area contributed by atoms with Gasteiger partial charge in [0, 0.05) is 24.9 Å². The normalized spacial score (nSPS) is 19.2. The fraction of sp³-hybridized carbons (Fsp3) is 0.667. The summed E-state index contributed by atoms with van der Waals surface area (Å²) in [5, 5.41) is 3.79. The van der Waals surface area contributed by atoms with Crippen molar-refractivity contribution >= 4 is 17.6 Å². The minimum absolute atomic E-state index is 0.0361. The molecule has 1 aliphatic rings. The molecule has 0 unspecified atom stereocenters. The first-order valence-corrected chi connectivity index (χ1v) is 7.36. The Bertz CT molecular complexity index is 413. The topological polar surface area (TPSA) is 47.0 Å². The fourth-order valence-corrected chi connectivity index (χ4v) is 2.44. The average molecular weight is 289 g/mol. The van der Waals surface area contributed by atoms with Gasteiger partial charge in [-0.05, 0) is 19.1 Å². The molecule has 0 radical (unpaired) electrons. The van der Waals surface area contributed by atoms with Gasteiger partial charge in [-0.3, -0.25) is 0 Å². The Labute approximate surface area is 115 Å². The molecule has 1 N–H and O–H groups in total. The van der Waals surface area contributed by atoms with Crippen LogP contribution in [0.2, 0.25) is 0 Å². The van der Waals surface area contributed by atoms with Gasteiger partial charge in [0.15, 0.2) is 5.16 Å². The van der Waals surface area contributed by atoms with Crippen molar-refractivity contribution in [3.63, 3.8) is 0 Å². The van der Waals surface area contributed by atoms with Crippen molar-refractivity contribution in [2.24, 2.45) is 0 Å². The molecule has 0 amide bonds. The highest BCUT2D eigenvalue weighted by atomic mass is 32.2. The predicted molar refractivity (Wildman–Crippen MR) is 71.2 cm³/mol. The van der Waals surface area contributed by atoms with Crippen LogP contribution in [0.5, 0.6) is 5.88 Å². The third-order valence-electron chi connectivity index (χ3n) is 3.14. The van der Waals surface area contributed by atoms with E-state index in [1.165, 1.54) is 18.9 Å². The van der Waals surface area contributed by atoms with Crippen molar-refractivity contribution in [1.82, 2.24) is 9.97 Å². The van der Waals surface area contributed by atoms with Crippen molar-refractivity contribution in [2.45, 2.75) is 42.8 Å². The lowest BCUT2D eigenvalue weighted by atomic mass is 9.92. The number of methoxy groups -OCH3 is 1. The minimum atomic E-state index is -2.51. The minimum Gasteiger partial charge on any atom is -0.481 e. The lowest BCUT2D eigenvalue weighted by molar-refractivity contribution is -0.0361. The number of alkyl halides is 2. The van der Waals surface area contributed by atoms with Crippen LogP contribution in [-0.2, 0) is 0 Å². The second-order valence-electron chi connectivity index (χ2n) is 4.56. The molecule has 0 spiro atoms. The summed E-state index contributed by atoms with van der Waals surface area (Å²) in [6.07, 6.45) is 2.64. The maximum absolute atomic E-state index is 13.1. The molecule has 0 bridgehead atoms. The van der Waals surface area contributed by atoms with Crippen molar-refractivity contribution < 1.29 is 13.5 Å². The smallest absolute Gasteiger partial charge is 0.248 e. The summed E-state index contributed by atoms with van der Waals surface area (Å²) in [7, 11) is 1.54. The molecule has 1 aliphatic carbocycles. The van der Waals surface area contributed by atoms with E-state index in [1.807, 2.05) is 6.26 Å². The molecule has 106 valence electrons. The zero-order valence-corrected chi connectivity index (χ0v) is 11.8. The van der Waals surface area contributed by atoms with E-state index in [4.69, 9.17) is 4.74 Å². The quantitative estimate of drug-likeness (QED) is 0.681. The van der Waals surface area contributed by atoms with Gasteiger partial charge in [0.25, 0.3) is 0 Å². The first-order valence-electron chi connectivity index (χ1n) is 6.14. The maximum Gasteiger partial charge on any atom is 0.248 e. The Morgan fingerprint density at radius 1 is 1.37 bits per heavy atom. The molecule has 1 fully saturated rings. The number of nitrogens with zero attached hydrogens (tertiary/aromatic N) is 2. The van der Waals surface area contributed by atoms with Crippen LogP contribution >= 0.6 is 11.8 Å². The van der Waals surface area contributed by atoms with E-state index in [1.54, 1.807) is 6.07 Å². The Morgan fingerprint density at radius 2 is 2.05 bits per heavy atom. The van der Waals surface area contributed by atoms with E-state index in [2.05, 4.69) is 15.3 Å². The Morgan fingerprint density at radius 3 is 2.63 bits per heavy atom. The lowest BCUT2D eigenvalue weighted by Gasteiger charge is -2.29. The molecule has 0 aromatic carbocycles. The standard InChI is InChI=1S/C12H17F2N3OS/c1-18-10-7-9(16-11(17-10)19-2)15-8-3-5-12(13,14)6-4-8/h7-8H,3-6H2,1-2H3,(H,15,16,17). The van der Waals surface area contributed by atoms with Gasteiger partial charge in [-0.1, -0.05) is 11.8 Å². The Hall–Kier alpha value is -1.11. The number of anilines is 1. The van der Waals surface area contributed by atoms with E-state index in [-0.39, 0.29) is 18.9 Å². The number of ether oxygens (including phenoxy) is 1. The zero-order valence-electron chi connectivity index (χ0n) is 10.9. The second-order valence-corrected chi connectivity index (χ2v) is 5.33. The van der Waals surface area contributed by atoms with E-state index in [0.29, 0.717) is 29.7 Å². The highest BCUT2D eigenvalue weighted by Gasteiger charge is 2.34. The molecule has 0 saturated heterocycles. The first-order chi connectivity index (χ1) is 9.02. The average Bonchev–Trinajstić information content (AvgIpc) is 2.40. The molecule has 1 heterocycles. The zero-order chi connectivity index (χ0) is 13.9. The van der Waals surface area contributed by atoms with Crippen LogP contribution in [0.15, 0.2) is 11.2 Å². The van der Waals surface area contributed by atoms with Crippen LogP contribution in [0, 0.1) is 0 Å². The van der Waals surface area contributed by atoms with Crippen LogP contribution in [0.3, 0.4) is 0 Å². The van der Waals surface area contributed by atoms with Crippen LogP contribution < -0.4 is 10.1 Å². The third-order valence-corrected chi connectivity index (χ3v) is 3.69. The van der Waals surface area contributed by atoms with Gasteiger partial charge < -0.3 is 10.1 Å². The molecule has 4 nitrogen and oxygen atoms in total. The Kier molecular flexibility index (Phi) is 4.44. The van der Waals surface area contributed by atoms with Gasteiger partial charge in [0.05, 0.1) is 7.11 Å². The van der Waals surface area contributed by atoms with Crippen molar-refractivity contribution in [3.8, 4) is 5.88 Å². The molecule has 7 heteroatoms. The summed E-state index contributed by atoms with van der Waals surface area (Å²) in [6.45, 7) is 0. The number of hydrogen-bond acceptors (Lipinski definition) is 5. The molecule has 2 rings (SSSR count). The van der Waals surface area contributed by atoms with Crippen LogP contribution in [0.25, 0.3) is 0 Å². The van der Waals surface area contributed by atoms with Gasteiger partial charge in [-0.25, -0.2) is 13.8 Å². The van der Waals surface area contributed by atoms with Crippen LogP contribution in [-0.4, -0.2) is 35.3 Å². The van der Waals surface area contributed by atoms with E-state index in [9.17, 15) is 8.78 Å². The summed E-state index contributed by atoms with van der Waals surface area (Å²) in [4.78, 5) is 8.46. The predicted octanol–water partition coefficient (Wildman–Crippen LogP) is 3.20.